The minimum atomic E-state index is -3.55. The molecule has 0 saturated carbocycles. The molecule has 0 aliphatic heterocycles. The molecule has 0 bridgehead atoms. The lowest BCUT2D eigenvalue weighted by atomic mass is 10.6. The highest BCUT2D eigenvalue weighted by molar-refractivity contribution is 7.89. The van der Waals surface area contributed by atoms with Gasteiger partial charge in [-0.3, -0.25) is 0 Å². The summed E-state index contributed by atoms with van der Waals surface area (Å²) in [6, 6.07) is 0. The van der Waals surface area contributed by atoms with Gasteiger partial charge in [-0.15, -0.1) is 0 Å². The Bertz CT molecular complexity index is 444. The maximum atomic E-state index is 11.6. The van der Waals surface area contributed by atoms with Crippen molar-refractivity contribution in [3.63, 3.8) is 0 Å². The van der Waals surface area contributed by atoms with E-state index in [1.807, 2.05) is 0 Å². The summed E-state index contributed by atoms with van der Waals surface area (Å²) in [5.41, 5.74) is 0. The van der Waals surface area contributed by atoms with Gasteiger partial charge >= 0.3 is 0 Å². The summed E-state index contributed by atoms with van der Waals surface area (Å²) < 4.78 is 24.3. The molecule has 0 amide bonds. The van der Waals surface area contributed by atoms with Gasteiger partial charge in [0.1, 0.15) is 10.7 Å². The average molecular weight is 236 g/mol. The first-order valence-electron chi connectivity index (χ1n) is 3.77. The van der Waals surface area contributed by atoms with Gasteiger partial charge < -0.3 is 0 Å². The van der Waals surface area contributed by atoms with E-state index in [-0.39, 0.29) is 10.0 Å². The molecule has 7 heteroatoms. The second-order valence-electron chi connectivity index (χ2n) is 2.86. The fraction of sp³-hybridized carbons (Fsp3) is 0.429. The summed E-state index contributed by atoms with van der Waals surface area (Å²) in [5.74, 6) is 0.438. The summed E-state index contributed by atoms with van der Waals surface area (Å²) in [7, 11) is -0.704. The standard InChI is InChI=1S/C7H10ClN3O2S/c1-5-9-4-6(7(8)10-5)14(12,13)11(2)3/h4H,1-3H3. The van der Waals surface area contributed by atoms with Crippen LogP contribution in [0.15, 0.2) is 11.1 Å². The van der Waals surface area contributed by atoms with Crippen molar-refractivity contribution in [1.29, 1.82) is 0 Å². The van der Waals surface area contributed by atoms with Crippen molar-refractivity contribution in [2.24, 2.45) is 0 Å². The number of aryl methyl sites for hydroxylation is 1. The second kappa shape index (κ2) is 3.80. The molecule has 0 saturated heterocycles. The lowest BCUT2D eigenvalue weighted by molar-refractivity contribution is 0.520. The summed E-state index contributed by atoms with van der Waals surface area (Å²) in [5, 5.41) is -0.0498. The Hall–Kier alpha value is -0.720. The normalized spacial score (nSPS) is 12.1. The maximum absolute atomic E-state index is 11.6. The van der Waals surface area contributed by atoms with Crippen LogP contribution in [-0.4, -0.2) is 36.8 Å². The summed E-state index contributed by atoms with van der Waals surface area (Å²) in [6.45, 7) is 1.64. The summed E-state index contributed by atoms with van der Waals surface area (Å²) in [4.78, 5) is 7.48. The second-order valence-corrected chi connectivity index (χ2v) is 5.34. The Labute approximate surface area is 87.8 Å². The third kappa shape index (κ3) is 2.02. The quantitative estimate of drug-likeness (QED) is 0.708. The van der Waals surface area contributed by atoms with Gasteiger partial charge in [-0.25, -0.2) is 22.7 Å². The number of hydrogen-bond acceptors (Lipinski definition) is 4. The van der Waals surface area contributed by atoms with Gasteiger partial charge in [0, 0.05) is 14.1 Å². The largest absolute Gasteiger partial charge is 0.247 e. The highest BCUT2D eigenvalue weighted by Crippen LogP contribution is 2.19. The molecule has 1 heterocycles. The van der Waals surface area contributed by atoms with Crippen LogP contribution in [0.1, 0.15) is 5.82 Å². The lowest BCUT2D eigenvalue weighted by Crippen LogP contribution is -2.23. The molecule has 0 N–H and O–H groups in total. The topological polar surface area (TPSA) is 63.2 Å². The molecule has 1 rings (SSSR count). The Kier molecular flexibility index (Phi) is 3.08. The summed E-state index contributed by atoms with van der Waals surface area (Å²) >= 11 is 5.70. The molecule has 0 aliphatic rings. The molecule has 0 radical (unpaired) electrons. The Morgan fingerprint density at radius 3 is 2.43 bits per heavy atom. The van der Waals surface area contributed by atoms with E-state index in [9.17, 15) is 8.42 Å². The van der Waals surface area contributed by atoms with Crippen molar-refractivity contribution in [3.05, 3.63) is 17.2 Å². The molecule has 0 aromatic carbocycles. The van der Waals surface area contributed by atoms with E-state index in [4.69, 9.17) is 11.6 Å². The van der Waals surface area contributed by atoms with Crippen molar-refractivity contribution in [3.8, 4) is 0 Å². The van der Waals surface area contributed by atoms with E-state index in [0.29, 0.717) is 5.82 Å². The van der Waals surface area contributed by atoms with E-state index in [2.05, 4.69) is 9.97 Å². The van der Waals surface area contributed by atoms with Gasteiger partial charge in [-0.1, -0.05) is 11.6 Å². The van der Waals surface area contributed by atoms with E-state index < -0.39 is 10.0 Å². The Balaban J connectivity index is 3.35. The lowest BCUT2D eigenvalue weighted by Gasteiger charge is -2.11. The first-order valence-corrected chi connectivity index (χ1v) is 5.59. The highest BCUT2D eigenvalue weighted by Gasteiger charge is 2.21. The molecule has 78 valence electrons. The first-order chi connectivity index (χ1) is 6.35. The zero-order valence-corrected chi connectivity index (χ0v) is 9.59. The van der Waals surface area contributed by atoms with Gasteiger partial charge in [0.05, 0.1) is 6.20 Å². The summed E-state index contributed by atoms with van der Waals surface area (Å²) in [6.07, 6.45) is 1.21. The zero-order valence-electron chi connectivity index (χ0n) is 8.02. The van der Waals surface area contributed by atoms with Crippen molar-refractivity contribution in [2.75, 3.05) is 14.1 Å². The number of aromatic nitrogens is 2. The van der Waals surface area contributed by atoms with Gasteiger partial charge in [-0.2, -0.15) is 0 Å². The van der Waals surface area contributed by atoms with Crippen LogP contribution in [0.4, 0.5) is 0 Å². The molecular weight excluding hydrogens is 226 g/mol. The number of rotatable bonds is 2. The molecule has 0 spiro atoms. The Morgan fingerprint density at radius 1 is 1.43 bits per heavy atom. The molecule has 0 atom stereocenters. The molecular formula is C7H10ClN3O2S. The minimum Gasteiger partial charge on any atom is -0.240 e. The third-order valence-corrected chi connectivity index (χ3v) is 3.81. The molecule has 0 unspecified atom stereocenters. The van der Waals surface area contributed by atoms with Crippen LogP contribution in [0.25, 0.3) is 0 Å². The van der Waals surface area contributed by atoms with E-state index in [1.165, 1.54) is 20.3 Å². The highest BCUT2D eigenvalue weighted by atomic mass is 35.5. The average Bonchev–Trinajstić information content (AvgIpc) is 2.02. The van der Waals surface area contributed by atoms with Crippen molar-refractivity contribution in [2.45, 2.75) is 11.8 Å². The van der Waals surface area contributed by atoms with Gasteiger partial charge in [0.2, 0.25) is 10.0 Å². The molecule has 0 aliphatic carbocycles. The SMILES string of the molecule is Cc1ncc(S(=O)(=O)N(C)C)c(Cl)n1. The van der Waals surface area contributed by atoms with Crippen LogP contribution < -0.4 is 0 Å². The van der Waals surface area contributed by atoms with E-state index in [0.717, 1.165) is 4.31 Å². The van der Waals surface area contributed by atoms with Crippen molar-refractivity contribution < 1.29 is 8.42 Å². The van der Waals surface area contributed by atoms with E-state index >= 15 is 0 Å². The number of sulfonamides is 1. The van der Waals surface area contributed by atoms with Gasteiger partial charge in [-0.05, 0) is 6.92 Å². The predicted octanol–water partition coefficient (Wildman–Crippen LogP) is 0.689. The van der Waals surface area contributed by atoms with Gasteiger partial charge in [0.25, 0.3) is 0 Å². The van der Waals surface area contributed by atoms with Crippen LogP contribution >= 0.6 is 11.6 Å². The maximum Gasteiger partial charge on any atom is 0.247 e. The number of hydrogen-bond donors (Lipinski definition) is 0. The molecule has 0 fully saturated rings. The van der Waals surface area contributed by atoms with E-state index in [1.54, 1.807) is 6.92 Å². The smallest absolute Gasteiger partial charge is 0.240 e. The van der Waals surface area contributed by atoms with Crippen LogP contribution in [-0.2, 0) is 10.0 Å². The molecule has 14 heavy (non-hydrogen) atoms. The molecule has 1 aromatic rings. The fourth-order valence-electron chi connectivity index (χ4n) is 0.801. The third-order valence-electron chi connectivity index (χ3n) is 1.59. The number of nitrogens with zero attached hydrogens (tertiary/aromatic N) is 3. The Morgan fingerprint density at radius 2 is 2.00 bits per heavy atom. The first kappa shape index (κ1) is 11.4. The monoisotopic (exact) mass is 235 g/mol. The van der Waals surface area contributed by atoms with Crippen LogP contribution in [0, 0.1) is 6.92 Å². The van der Waals surface area contributed by atoms with Crippen LogP contribution in [0.3, 0.4) is 0 Å². The van der Waals surface area contributed by atoms with Crippen molar-refractivity contribution in [1.82, 2.24) is 14.3 Å². The molecule has 5 nitrogen and oxygen atoms in total. The predicted molar refractivity (Wildman–Crippen MR) is 52.7 cm³/mol. The molecule has 1 aromatic heterocycles. The van der Waals surface area contributed by atoms with Gasteiger partial charge in [0.15, 0.2) is 5.15 Å². The minimum absolute atomic E-state index is 0.0498. The number of halogens is 1. The zero-order chi connectivity index (χ0) is 10.9. The van der Waals surface area contributed by atoms with Crippen LogP contribution in [0.2, 0.25) is 5.15 Å². The van der Waals surface area contributed by atoms with Crippen molar-refractivity contribution >= 4 is 21.6 Å². The van der Waals surface area contributed by atoms with Crippen LogP contribution in [0.5, 0.6) is 0 Å². The fourth-order valence-corrected chi connectivity index (χ4v) is 2.10.